The van der Waals surface area contributed by atoms with Crippen LogP contribution in [0.2, 0.25) is 10.0 Å². The van der Waals surface area contributed by atoms with Gasteiger partial charge in [-0.2, -0.15) is 10.4 Å². The van der Waals surface area contributed by atoms with Gasteiger partial charge in [0.25, 0.3) is 5.91 Å². The lowest BCUT2D eigenvalue weighted by atomic mass is 10.1. The zero-order valence-corrected chi connectivity index (χ0v) is 23.8. The number of halogens is 3. The highest BCUT2D eigenvalue weighted by Gasteiger charge is 2.21. The average Bonchev–Trinajstić information content (AvgIpc) is 2.92. The normalized spacial score (nSPS) is 11.4. The zero-order chi connectivity index (χ0) is 28.0. The number of nitrogens with one attached hydrogen (secondary N) is 2. The molecule has 0 radical (unpaired) electrons. The van der Waals surface area contributed by atoms with E-state index >= 15 is 0 Å². The highest BCUT2D eigenvalue weighted by atomic mass is 79.9. The molecule has 0 aliphatic heterocycles. The smallest absolute Gasteiger partial charge is 0.262 e. The average molecular weight is 632 g/mol. The van der Waals surface area contributed by atoms with Crippen LogP contribution >= 0.6 is 39.1 Å². The van der Waals surface area contributed by atoms with Crippen LogP contribution in [0.25, 0.3) is 0 Å². The molecule has 2 N–H and O–H groups in total. The number of carbonyl (C=O) groups is 2. The third-order valence-electron chi connectivity index (χ3n) is 5.27. The number of amides is 2. The van der Waals surface area contributed by atoms with Gasteiger partial charge in [-0.15, -0.1) is 0 Å². The molecule has 3 aromatic carbocycles. The Morgan fingerprint density at radius 3 is 2.54 bits per heavy atom. The largest absolute Gasteiger partial charge is 0.492 e. The second-order valence-electron chi connectivity index (χ2n) is 8.21. The molecule has 0 aromatic heterocycles. The Morgan fingerprint density at radius 2 is 1.82 bits per heavy atom. The number of hydrogen-bond donors (Lipinski definition) is 2. The second kappa shape index (κ2) is 15.7. The van der Waals surface area contributed by atoms with Gasteiger partial charge in [0.05, 0.1) is 22.3 Å². The van der Waals surface area contributed by atoms with E-state index in [1.165, 1.54) is 6.21 Å². The number of benzene rings is 3. The lowest BCUT2D eigenvalue weighted by Crippen LogP contribution is -2.46. The van der Waals surface area contributed by atoms with Gasteiger partial charge in [0.15, 0.2) is 6.61 Å². The Labute approximate surface area is 245 Å². The van der Waals surface area contributed by atoms with Crippen LogP contribution < -0.4 is 20.2 Å². The first-order valence-electron chi connectivity index (χ1n) is 11.9. The molecule has 1 atom stereocenters. The highest BCUT2D eigenvalue weighted by molar-refractivity contribution is 9.10. The quantitative estimate of drug-likeness (QED) is 0.143. The van der Waals surface area contributed by atoms with Crippen molar-refractivity contribution in [3.8, 4) is 17.6 Å². The third kappa shape index (κ3) is 10.2. The molecule has 3 aromatic rings. The first-order chi connectivity index (χ1) is 18.9. The Morgan fingerprint density at radius 1 is 1.05 bits per heavy atom. The summed E-state index contributed by atoms with van der Waals surface area (Å²) in [6, 6.07) is 20.5. The summed E-state index contributed by atoms with van der Waals surface area (Å²) >= 11 is 15.4. The third-order valence-corrected chi connectivity index (χ3v) is 6.42. The minimum Gasteiger partial charge on any atom is -0.492 e. The summed E-state index contributed by atoms with van der Waals surface area (Å²) in [7, 11) is 0. The van der Waals surface area contributed by atoms with E-state index in [0.717, 1.165) is 5.56 Å². The Kier molecular flexibility index (Phi) is 12.1. The molecule has 0 unspecified atom stereocenters. The maximum atomic E-state index is 12.9. The molecule has 0 aliphatic carbocycles. The van der Waals surface area contributed by atoms with Crippen LogP contribution in [0, 0.1) is 11.3 Å². The van der Waals surface area contributed by atoms with E-state index in [9.17, 15) is 9.59 Å². The monoisotopic (exact) mass is 630 g/mol. The highest BCUT2D eigenvalue weighted by Crippen LogP contribution is 2.27. The van der Waals surface area contributed by atoms with Crippen LogP contribution in [-0.4, -0.2) is 37.3 Å². The minimum atomic E-state index is -0.836. The molecule has 39 heavy (non-hydrogen) atoms. The zero-order valence-electron chi connectivity index (χ0n) is 20.7. The standard InChI is InChI=1S/C28H25BrCl2N4O4/c29-22-15-20(8-10-25(22)39-14-12-32)18-33-35-28(37)24(16-19-5-2-1-3-6-19)34-27(36)7-4-13-38-26-11-9-21(30)17-23(26)31/h1-3,5-6,8-11,15,17-18,24H,4,7,13-14,16H2,(H,34,36)(H,35,37)/b33-18-/t24-/m0/s1. The van der Waals surface area contributed by atoms with E-state index in [1.807, 2.05) is 36.4 Å². The number of hydrogen-bond acceptors (Lipinski definition) is 6. The molecule has 0 aliphatic rings. The van der Waals surface area contributed by atoms with E-state index in [-0.39, 0.29) is 25.5 Å². The number of nitriles is 1. The fourth-order valence-corrected chi connectivity index (χ4v) is 4.38. The molecule has 11 heteroatoms. The van der Waals surface area contributed by atoms with Crippen LogP contribution in [-0.2, 0) is 16.0 Å². The molecule has 0 saturated heterocycles. The van der Waals surface area contributed by atoms with Gasteiger partial charge in [0, 0.05) is 17.9 Å². The summed E-state index contributed by atoms with van der Waals surface area (Å²) in [4.78, 5) is 25.6. The topological polar surface area (TPSA) is 113 Å². The van der Waals surface area contributed by atoms with Gasteiger partial charge >= 0.3 is 0 Å². The first-order valence-corrected chi connectivity index (χ1v) is 13.4. The maximum absolute atomic E-state index is 12.9. The Bertz CT molecular complexity index is 1350. The van der Waals surface area contributed by atoms with Gasteiger partial charge in [-0.3, -0.25) is 9.59 Å². The second-order valence-corrected chi connectivity index (χ2v) is 9.91. The summed E-state index contributed by atoms with van der Waals surface area (Å²) in [6.45, 7) is 0.199. The van der Waals surface area contributed by atoms with Crippen molar-refractivity contribution in [2.75, 3.05) is 13.2 Å². The Hall–Kier alpha value is -3.58. The van der Waals surface area contributed by atoms with Gasteiger partial charge in [-0.1, -0.05) is 53.5 Å². The van der Waals surface area contributed by atoms with Crippen molar-refractivity contribution in [2.45, 2.75) is 25.3 Å². The van der Waals surface area contributed by atoms with Crippen molar-refractivity contribution >= 4 is 57.2 Å². The van der Waals surface area contributed by atoms with Gasteiger partial charge in [0.1, 0.15) is 23.6 Å². The van der Waals surface area contributed by atoms with E-state index < -0.39 is 11.9 Å². The number of nitrogens with zero attached hydrogens (tertiary/aromatic N) is 2. The van der Waals surface area contributed by atoms with Gasteiger partial charge in [-0.25, -0.2) is 5.43 Å². The van der Waals surface area contributed by atoms with Crippen molar-refractivity contribution in [2.24, 2.45) is 5.10 Å². The summed E-state index contributed by atoms with van der Waals surface area (Å²) in [6.07, 6.45) is 2.34. The summed E-state index contributed by atoms with van der Waals surface area (Å²) in [5, 5.41) is 16.4. The fourth-order valence-electron chi connectivity index (χ4n) is 3.41. The van der Waals surface area contributed by atoms with Crippen LogP contribution in [0.1, 0.15) is 24.0 Å². The predicted octanol–water partition coefficient (Wildman–Crippen LogP) is 5.70. The fraction of sp³-hybridized carbons (Fsp3) is 0.214. The van der Waals surface area contributed by atoms with E-state index in [2.05, 4.69) is 31.8 Å². The molecule has 0 bridgehead atoms. The number of ether oxygens (including phenoxy) is 2. The molecule has 0 spiro atoms. The molecule has 8 nitrogen and oxygen atoms in total. The van der Waals surface area contributed by atoms with Crippen LogP contribution in [0.3, 0.4) is 0 Å². The van der Waals surface area contributed by atoms with E-state index in [1.54, 1.807) is 36.4 Å². The van der Waals surface area contributed by atoms with Crippen molar-refractivity contribution in [1.82, 2.24) is 10.7 Å². The number of carbonyl (C=O) groups excluding carboxylic acids is 2. The summed E-state index contributed by atoms with van der Waals surface area (Å²) < 4.78 is 11.6. The summed E-state index contributed by atoms with van der Waals surface area (Å²) in [5.74, 6) is 0.250. The summed E-state index contributed by atoms with van der Waals surface area (Å²) in [5.41, 5.74) is 4.08. The molecule has 0 fully saturated rings. The molecule has 202 valence electrons. The van der Waals surface area contributed by atoms with Crippen molar-refractivity contribution in [3.63, 3.8) is 0 Å². The SMILES string of the molecule is N#CCOc1ccc(/C=N\NC(=O)[C@H](Cc2ccccc2)NC(=O)CCCOc2ccc(Cl)cc2Cl)cc1Br. The molecule has 0 saturated carbocycles. The predicted molar refractivity (Wildman–Crippen MR) is 154 cm³/mol. The van der Waals surface area contributed by atoms with Crippen LogP contribution in [0.5, 0.6) is 11.5 Å². The Balaban J connectivity index is 1.55. The number of hydrazone groups is 1. The molecule has 2 amide bonds. The first kappa shape index (κ1) is 30.0. The molecular weight excluding hydrogens is 607 g/mol. The lowest BCUT2D eigenvalue weighted by Gasteiger charge is -2.17. The maximum Gasteiger partial charge on any atom is 0.262 e. The van der Waals surface area contributed by atoms with E-state index in [4.69, 9.17) is 37.9 Å². The minimum absolute atomic E-state index is 0.0691. The molecule has 3 rings (SSSR count). The van der Waals surface area contributed by atoms with Gasteiger partial charge in [0.2, 0.25) is 5.91 Å². The number of rotatable bonds is 13. The van der Waals surface area contributed by atoms with E-state index in [0.29, 0.717) is 44.4 Å². The molecular formula is C28H25BrCl2N4O4. The van der Waals surface area contributed by atoms with Crippen molar-refractivity contribution in [1.29, 1.82) is 5.26 Å². The van der Waals surface area contributed by atoms with Gasteiger partial charge in [-0.05, 0) is 69.9 Å². The van der Waals surface area contributed by atoms with Crippen LogP contribution in [0.15, 0.2) is 76.3 Å². The van der Waals surface area contributed by atoms with Gasteiger partial charge < -0.3 is 14.8 Å². The van der Waals surface area contributed by atoms with Crippen LogP contribution in [0.4, 0.5) is 0 Å². The lowest BCUT2D eigenvalue weighted by molar-refractivity contribution is -0.129. The molecule has 0 heterocycles. The van der Waals surface area contributed by atoms with Crippen molar-refractivity contribution < 1.29 is 19.1 Å². The van der Waals surface area contributed by atoms with Crippen molar-refractivity contribution in [3.05, 3.63) is 92.4 Å².